The normalized spacial score (nSPS) is 16.5. The number of allylic oxidation sites excluding steroid dienone is 2. The maximum absolute atomic E-state index is 13.1. The quantitative estimate of drug-likeness (QED) is 0.868. The number of nitrogens with two attached hydrogens (primary N) is 1. The van der Waals surface area contributed by atoms with Crippen LogP contribution < -0.4 is 5.73 Å². The molecule has 5 heteroatoms. The number of hydrogen-bond acceptors (Lipinski definition) is 2. The smallest absolute Gasteiger partial charge is 0.265 e. The highest BCUT2D eigenvalue weighted by Crippen LogP contribution is 2.22. The zero-order valence-electron chi connectivity index (χ0n) is 15.3. The summed E-state index contributed by atoms with van der Waals surface area (Å²) in [4.78, 5) is 26.8. The standard InChI is InChI=1S/C21H25N3O2/c1-3-15-8-7-10-17(12-15)23(4-2)20(25)14-24-18-11-6-5-9-16(18)13-19(24)21(22)26/h5-9,11-13,17H,3-4,10,14H2,1-2H3,(H2,22,26). The number of benzene rings is 1. The van der Waals surface area contributed by atoms with Crippen LogP contribution in [-0.4, -0.2) is 33.9 Å². The minimum atomic E-state index is -0.522. The molecule has 1 aliphatic rings. The number of carbonyl (C=O) groups is 2. The van der Waals surface area contributed by atoms with Gasteiger partial charge in [-0.25, -0.2) is 0 Å². The van der Waals surface area contributed by atoms with Crippen molar-refractivity contribution in [1.82, 2.24) is 9.47 Å². The van der Waals surface area contributed by atoms with Crippen molar-refractivity contribution in [2.75, 3.05) is 6.54 Å². The Bertz CT molecular complexity index is 892. The van der Waals surface area contributed by atoms with Crippen molar-refractivity contribution < 1.29 is 9.59 Å². The van der Waals surface area contributed by atoms with Gasteiger partial charge in [0.15, 0.2) is 0 Å². The zero-order chi connectivity index (χ0) is 18.7. The van der Waals surface area contributed by atoms with Gasteiger partial charge >= 0.3 is 0 Å². The molecule has 0 radical (unpaired) electrons. The Labute approximate surface area is 153 Å². The average molecular weight is 351 g/mol. The molecule has 0 spiro atoms. The maximum atomic E-state index is 13.1. The SMILES string of the molecule is CCC1=CC(N(CC)C(=O)Cn2c(C(N)=O)cc3ccccc32)CC=C1. The highest BCUT2D eigenvalue weighted by atomic mass is 16.2. The molecule has 0 aliphatic heterocycles. The van der Waals surface area contributed by atoms with E-state index in [0.29, 0.717) is 12.2 Å². The molecular formula is C21H25N3O2. The molecule has 1 aromatic heterocycles. The lowest BCUT2D eigenvalue weighted by Gasteiger charge is -2.30. The Morgan fingerprint density at radius 2 is 2.04 bits per heavy atom. The largest absolute Gasteiger partial charge is 0.364 e. The van der Waals surface area contributed by atoms with Crippen molar-refractivity contribution in [3.05, 3.63) is 59.8 Å². The van der Waals surface area contributed by atoms with Crippen molar-refractivity contribution in [1.29, 1.82) is 0 Å². The molecule has 1 heterocycles. The first-order valence-corrected chi connectivity index (χ1v) is 9.09. The highest BCUT2D eigenvalue weighted by molar-refractivity contribution is 5.98. The number of likely N-dealkylation sites (N-methyl/N-ethyl adjacent to an activating group) is 1. The maximum Gasteiger partial charge on any atom is 0.265 e. The van der Waals surface area contributed by atoms with Crippen LogP contribution in [0.1, 0.15) is 37.2 Å². The van der Waals surface area contributed by atoms with Gasteiger partial charge in [-0.05, 0) is 31.9 Å². The molecule has 1 atom stereocenters. The van der Waals surface area contributed by atoms with Crippen LogP contribution in [0.2, 0.25) is 0 Å². The summed E-state index contributed by atoms with van der Waals surface area (Å²) in [5.41, 5.74) is 8.00. The molecule has 5 nitrogen and oxygen atoms in total. The number of amides is 2. The summed E-state index contributed by atoms with van der Waals surface area (Å²) in [5.74, 6) is -0.533. The summed E-state index contributed by atoms with van der Waals surface area (Å²) in [6.45, 7) is 4.82. The van der Waals surface area contributed by atoms with Crippen LogP contribution in [0.15, 0.2) is 54.1 Å². The van der Waals surface area contributed by atoms with Gasteiger partial charge in [0.2, 0.25) is 5.91 Å². The third kappa shape index (κ3) is 3.43. The van der Waals surface area contributed by atoms with Crippen molar-refractivity contribution in [3.63, 3.8) is 0 Å². The topological polar surface area (TPSA) is 68.3 Å². The third-order valence-electron chi connectivity index (χ3n) is 4.94. The molecule has 2 N–H and O–H groups in total. The lowest BCUT2D eigenvalue weighted by Crippen LogP contribution is -2.41. The van der Waals surface area contributed by atoms with E-state index in [1.54, 1.807) is 10.6 Å². The van der Waals surface area contributed by atoms with Crippen molar-refractivity contribution in [2.24, 2.45) is 5.73 Å². The molecular weight excluding hydrogens is 326 g/mol. The Morgan fingerprint density at radius 1 is 1.27 bits per heavy atom. The summed E-state index contributed by atoms with van der Waals surface area (Å²) in [6.07, 6.45) is 8.19. The molecule has 1 aromatic carbocycles. The van der Waals surface area contributed by atoms with Gasteiger partial charge in [0.05, 0.1) is 6.04 Å². The molecule has 0 fully saturated rings. The van der Waals surface area contributed by atoms with Gasteiger partial charge in [-0.3, -0.25) is 9.59 Å². The number of carbonyl (C=O) groups excluding carboxylic acids is 2. The minimum Gasteiger partial charge on any atom is -0.364 e. The fourth-order valence-corrected chi connectivity index (χ4v) is 3.59. The first kappa shape index (κ1) is 18.0. The number of fused-ring (bicyclic) bond motifs is 1. The summed E-state index contributed by atoms with van der Waals surface area (Å²) < 4.78 is 1.73. The fraction of sp³-hybridized carbons (Fsp3) is 0.333. The van der Waals surface area contributed by atoms with Crippen LogP contribution in [0.25, 0.3) is 10.9 Å². The van der Waals surface area contributed by atoms with E-state index in [4.69, 9.17) is 5.73 Å². The second-order valence-corrected chi connectivity index (χ2v) is 6.52. The van der Waals surface area contributed by atoms with Crippen LogP contribution in [0.3, 0.4) is 0 Å². The monoisotopic (exact) mass is 351 g/mol. The Hall–Kier alpha value is -2.82. The summed E-state index contributed by atoms with van der Waals surface area (Å²) in [5, 5.41) is 0.908. The van der Waals surface area contributed by atoms with Crippen molar-refractivity contribution in [2.45, 2.75) is 39.3 Å². The molecule has 0 bridgehead atoms. The van der Waals surface area contributed by atoms with E-state index >= 15 is 0 Å². The van der Waals surface area contributed by atoms with E-state index in [0.717, 1.165) is 23.7 Å². The first-order valence-electron chi connectivity index (χ1n) is 9.09. The lowest BCUT2D eigenvalue weighted by molar-refractivity contribution is -0.133. The average Bonchev–Trinajstić information content (AvgIpc) is 3.01. The van der Waals surface area contributed by atoms with E-state index in [1.165, 1.54) is 5.57 Å². The van der Waals surface area contributed by atoms with E-state index in [2.05, 4.69) is 25.2 Å². The summed E-state index contributed by atoms with van der Waals surface area (Å²) in [6, 6.07) is 9.44. The van der Waals surface area contributed by atoms with Gasteiger partial charge in [0, 0.05) is 17.4 Å². The van der Waals surface area contributed by atoms with Gasteiger partial charge in [0.25, 0.3) is 5.91 Å². The highest BCUT2D eigenvalue weighted by Gasteiger charge is 2.23. The zero-order valence-corrected chi connectivity index (χ0v) is 15.3. The molecule has 136 valence electrons. The van der Waals surface area contributed by atoms with Gasteiger partial charge in [-0.2, -0.15) is 0 Å². The Balaban J connectivity index is 1.90. The molecule has 2 aromatic rings. The van der Waals surface area contributed by atoms with Crippen LogP contribution in [0, 0.1) is 0 Å². The van der Waals surface area contributed by atoms with Gasteiger partial charge in [-0.15, -0.1) is 0 Å². The molecule has 0 saturated heterocycles. The van der Waals surface area contributed by atoms with Crippen molar-refractivity contribution >= 4 is 22.7 Å². The molecule has 26 heavy (non-hydrogen) atoms. The van der Waals surface area contributed by atoms with Gasteiger partial charge in [0.1, 0.15) is 12.2 Å². The number of primary amides is 1. The predicted octanol–water partition coefficient (Wildman–Crippen LogP) is 3.25. The lowest BCUT2D eigenvalue weighted by atomic mass is 9.99. The molecule has 1 unspecified atom stereocenters. The molecule has 1 aliphatic carbocycles. The second-order valence-electron chi connectivity index (χ2n) is 6.52. The number of aromatic nitrogens is 1. The van der Waals surface area contributed by atoms with Crippen LogP contribution in [-0.2, 0) is 11.3 Å². The van der Waals surface area contributed by atoms with Crippen LogP contribution >= 0.6 is 0 Å². The first-order chi connectivity index (χ1) is 12.5. The van der Waals surface area contributed by atoms with Gasteiger partial charge < -0.3 is 15.2 Å². The van der Waals surface area contributed by atoms with E-state index in [-0.39, 0.29) is 18.5 Å². The van der Waals surface area contributed by atoms with E-state index in [1.807, 2.05) is 36.1 Å². The van der Waals surface area contributed by atoms with Gasteiger partial charge in [-0.1, -0.05) is 48.9 Å². The molecule has 2 amide bonds. The third-order valence-corrected chi connectivity index (χ3v) is 4.94. The van der Waals surface area contributed by atoms with E-state index < -0.39 is 5.91 Å². The van der Waals surface area contributed by atoms with E-state index in [9.17, 15) is 9.59 Å². The Morgan fingerprint density at radius 3 is 2.73 bits per heavy atom. The number of hydrogen-bond donors (Lipinski definition) is 1. The molecule has 3 rings (SSSR count). The summed E-state index contributed by atoms with van der Waals surface area (Å²) in [7, 11) is 0. The Kier molecular flexibility index (Phi) is 5.26. The van der Waals surface area contributed by atoms with Crippen LogP contribution in [0.5, 0.6) is 0 Å². The predicted molar refractivity (Wildman–Crippen MR) is 104 cm³/mol. The van der Waals surface area contributed by atoms with Crippen LogP contribution in [0.4, 0.5) is 0 Å². The number of para-hydroxylation sites is 1. The second kappa shape index (κ2) is 7.60. The summed E-state index contributed by atoms with van der Waals surface area (Å²) >= 11 is 0. The van der Waals surface area contributed by atoms with Crippen molar-refractivity contribution in [3.8, 4) is 0 Å². The molecule has 0 saturated carbocycles. The minimum absolute atomic E-state index is 0.0108. The number of nitrogens with zero attached hydrogens (tertiary/aromatic N) is 2. The fourth-order valence-electron chi connectivity index (χ4n) is 3.59. The number of rotatable bonds is 6.